The average Bonchev–Trinajstić information content (AvgIpc) is 2.71. The molecule has 154 valence electrons. The van der Waals surface area contributed by atoms with Gasteiger partial charge in [0.2, 0.25) is 5.75 Å². The molecule has 0 amide bonds. The molecule has 0 saturated carbocycles. The van der Waals surface area contributed by atoms with Gasteiger partial charge < -0.3 is 9.84 Å². The van der Waals surface area contributed by atoms with Crippen LogP contribution in [0, 0.1) is 10.1 Å². The Hall–Kier alpha value is -3.88. The maximum atomic E-state index is 13.1. The van der Waals surface area contributed by atoms with Crippen LogP contribution in [0.3, 0.4) is 0 Å². The van der Waals surface area contributed by atoms with Crippen molar-refractivity contribution >= 4 is 17.6 Å². The van der Waals surface area contributed by atoms with Crippen LogP contribution in [0.1, 0.15) is 16.7 Å². The Balaban J connectivity index is 1.95. The van der Waals surface area contributed by atoms with Crippen LogP contribution < -0.4 is 4.74 Å². The highest BCUT2D eigenvalue weighted by Crippen LogP contribution is 2.37. The van der Waals surface area contributed by atoms with Crippen molar-refractivity contribution in [1.29, 1.82) is 0 Å². The molecule has 0 fully saturated rings. The number of hydrogen-bond acceptors (Lipinski definition) is 5. The van der Waals surface area contributed by atoms with E-state index in [9.17, 15) is 28.4 Å². The van der Waals surface area contributed by atoms with Gasteiger partial charge in [0.05, 0.1) is 10.5 Å². The van der Waals surface area contributed by atoms with E-state index >= 15 is 0 Å². The van der Waals surface area contributed by atoms with E-state index in [0.29, 0.717) is 0 Å². The Labute approximate surface area is 169 Å². The summed E-state index contributed by atoms with van der Waals surface area (Å²) in [4.78, 5) is 14.2. The molecule has 0 spiro atoms. The van der Waals surface area contributed by atoms with Crippen LogP contribution in [0.5, 0.6) is 11.5 Å². The van der Waals surface area contributed by atoms with Gasteiger partial charge in [-0.05, 0) is 29.8 Å². The highest BCUT2D eigenvalue weighted by Gasteiger charge is 2.31. The third-order valence-corrected chi connectivity index (χ3v) is 4.11. The summed E-state index contributed by atoms with van der Waals surface area (Å²) in [5.74, 6) is -0.544. The number of aliphatic imine (C=N–C) groups is 1. The summed E-state index contributed by atoms with van der Waals surface area (Å²) in [7, 11) is 0. The van der Waals surface area contributed by atoms with Crippen molar-refractivity contribution in [3.8, 4) is 11.5 Å². The highest BCUT2D eigenvalue weighted by atomic mass is 19.4. The maximum Gasteiger partial charge on any atom is 0.416 e. The number of aromatic hydroxyl groups is 1. The first-order valence-corrected chi connectivity index (χ1v) is 8.64. The molecule has 0 saturated heterocycles. The van der Waals surface area contributed by atoms with Crippen LogP contribution in [0.2, 0.25) is 0 Å². The second kappa shape index (κ2) is 8.64. The van der Waals surface area contributed by atoms with Gasteiger partial charge in [0, 0.05) is 17.8 Å². The summed E-state index contributed by atoms with van der Waals surface area (Å²) in [6, 6.07) is 15.7. The number of hydrogen-bond donors (Lipinski definition) is 1. The van der Waals surface area contributed by atoms with Crippen molar-refractivity contribution in [2.24, 2.45) is 4.99 Å². The van der Waals surface area contributed by atoms with Gasteiger partial charge in [0.25, 0.3) is 0 Å². The van der Waals surface area contributed by atoms with Gasteiger partial charge in [0.1, 0.15) is 18.0 Å². The van der Waals surface area contributed by atoms with Crippen LogP contribution in [0.25, 0.3) is 0 Å². The molecule has 0 aliphatic rings. The molecule has 0 radical (unpaired) electrons. The number of rotatable bonds is 6. The van der Waals surface area contributed by atoms with E-state index in [1.54, 1.807) is 24.3 Å². The Morgan fingerprint density at radius 2 is 1.80 bits per heavy atom. The molecule has 0 aliphatic carbocycles. The molecular formula is C21H15F3N2O4. The van der Waals surface area contributed by atoms with Crippen molar-refractivity contribution < 1.29 is 27.9 Å². The monoisotopic (exact) mass is 416 g/mol. The number of ether oxygens (including phenoxy) is 1. The minimum atomic E-state index is -4.59. The lowest BCUT2D eigenvalue weighted by Crippen LogP contribution is -2.05. The molecule has 9 heteroatoms. The largest absolute Gasteiger partial charge is 0.502 e. The van der Waals surface area contributed by atoms with Crippen LogP contribution in [-0.2, 0) is 12.8 Å². The fourth-order valence-corrected chi connectivity index (χ4v) is 2.59. The van der Waals surface area contributed by atoms with Gasteiger partial charge in [0.15, 0.2) is 0 Å². The molecule has 0 bridgehead atoms. The zero-order valence-electron chi connectivity index (χ0n) is 15.3. The van der Waals surface area contributed by atoms with Crippen molar-refractivity contribution in [2.75, 3.05) is 0 Å². The van der Waals surface area contributed by atoms with E-state index < -0.39 is 28.1 Å². The van der Waals surface area contributed by atoms with Crippen molar-refractivity contribution in [3.63, 3.8) is 0 Å². The first kappa shape index (κ1) is 20.8. The summed E-state index contributed by atoms with van der Waals surface area (Å²) in [5, 5.41) is 20.9. The normalized spacial score (nSPS) is 11.6. The smallest absolute Gasteiger partial charge is 0.416 e. The van der Waals surface area contributed by atoms with Crippen molar-refractivity contribution in [2.45, 2.75) is 12.8 Å². The Morgan fingerprint density at radius 3 is 2.47 bits per heavy atom. The quantitative estimate of drug-likeness (QED) is 0.320. The summed E-state index contributed by atoms with van der Waals surface area (Å²) < 4.78 is 45.0. The van der Waals surface area contributed by atoms with Gasteiger partial charge in [-0.25, -0.2) is 0 Å². The average molecular weight is 416 g/mol. The van der Waals surface area contributed by atoms with E-state index in [-0.39, 0.29) is 23.6 Å². The first-order valence-electron chi connectivity index (χ1n) is 8.64. The SMILES string of the molecule is O=[N+]([O-])c1cccc(C=Nc2cc(C(F)(F)F)ccc2OCc2ccccc2)c1O. The standard InChI is InChI=1S/C21H15F3N2O4/c22-21(23,24)16-9-10-19(30-13-14-5-2-1-3-6-14)17(11-16)25-12-15-7-4-8-18(20(15)27)26(28)29/h1-12,27H,13H2. The van der Waals surface area contributed by atoms with Gasteiger partial charge in [-0.3, -0.25) is 15.1 Å². The molecule has 3 aromatic rings. The van der Waals surface area contributed by atoms with Crippen LogP contribution >= 0.6 is 0 Å². The Morgan fingerprint density at radius 1 is 1.07 bits per heavy atom. The molecule has 0 aliphatic heterocycles. The molecule has 0 heterocycles. The van der Waals surface area contributed by atoms with Crippen LogP contribution in [0.15, 0.2) is 71.7 Å². The third kappa shape index (κ3) is 4.93. The van der Waals surface area contributed by atoms with E-state index in [1.807, 2.05) is 6.07 Å². The second-order valence-corrected chi connectivity index (χ2v) is 6.18. The zero-order chi connectivity index (χ0) is 21.7. The van der Waals surface area contributed by atoms with Crippen molar-refractivity contribution in [3.05, 3.63) is 93.5 Å². The lowest BCUT2D eigenvalue weighted by molar-refractivity contribution is -0.385. The van der Waals surface area contributed by atoms with Crippen LogP contribution in [0.4, 0.5) is 24.5 Å². The van der Waals surface area contributed by atoms with E-state index in [1.165, 1.54) is 12.1 Å². The molecule has 6 nitrogen and oxygen atoms in total. The fraction of sp³-hybridized carbons (Fsp3) is 0.0952. The number of nitro benzene ring substituents is 1. The first-order chi connectivity index (χ1) is 14.3. The maximum absolute atomic E-state index is 13.1. The summed E-state index contributed by atoms with van der Waals surface area (Å²) in [5.41, 5.74) is -0.806. The zero-order valence-corrected chi connectivity index (χ0v) is 15.3. The number of nitrogens with zero attached hydrogens (tertiary/aromatic N) is 2. The minimum Gasteiger partial charge on any atom is -0.502 e. The lowest BCUT2D eigenvalue weighted by Gasteiger charge is -2.12. The van der Waals surface area contributed by atoms with E-state index in [2.05, 4.69) is 4.99 Å². The summed E-state index contributed by atoms with van der Waals surface area (Å²) >= 11 is 0. The number of phenols is 1. The topological polar surface area (TPSA) is 85.0 Å². The van der Waals surface area contributed by atoms with E-state index in [0.717, 1.165) is 36.0 Å². The second-order valence-electron chi connectivity index (χ2n) is 6.18. The summed E-state index contributed by atoms with van der Waals surface area (Å²) in [6.07, 6.45) is -3.54. The van der Waals surface area contributed by atoms with Gasteiger partial charge in [-0.2, -0.15) is 13.2 Å². The van der Waals surface area contributed by atoms with Gasteiger partial charge >= 0.3 is 11.9 Å². The molecule has 1 N–H and O–H groups in total. The summed E-state index contributed by atoms with van der Waals surface area (Å²) in [6.45, 7) is 0.108. The number of benzene rings is 3. The number of halogens is 3. The predicted molar refractivity (Wildman–Crippen MR) is 104 cm³/mol. The lowest BCUT2D eigenvalue weighted by atomic mass is 10.1. The molecule has 3 rings (SSSR count). The number of nitro groups is 1. The molecule has 30 heavy (non-hydrogen) atoms. The number of alkyl halides is 3. The highest BCUT2D eigenvalue weighted by molar-refractivity contribution is 5.87. The minimum absolute atomic E-state index is 0.0179. The number of phenolic OH excluding ortho intramolecular Hbond substituents is 1. The molecule has 0 atom stereocenters. The fourth-order valence-electron chi connectivity index (χ4n) is 2.59. The predicted octanol–water partition coefficient (Wildman–Crippen LogP) is 5.65. The Kier molecular flexibility index (Phi) is 6.01. The molecule has 3 aromatic carbocycles. The Bertz CT molecular complexity index is 1080. The van der Waals surface area contributed by atoms with E-state index in [4.69, 9.17) is 4.74 Å². The molecule has 0 aromatic heterocycles. The molecule has 0 unspecified atom stereocenters. The number of para-hydroxylation sites is 1. The van der Waals surface area contributed by atoms with Crippen molar-refractivity contribution in [1.82, 2.24) is 0 Å². The third-order valence-electron chi connectivity index (χ3n) is 4.11. The van der Waals surface area contributed by atoms with Gasteiger partial charge in [-0.1, -0.05) is 36.4 Å². The van der Waals surface area contributed by atoms with Crippen LogP contribution in [-0.4, -0.2) is 16.2 Å². The molecular weight excluding hydrogens is 401 g/mol. The van der Waals surface area contributed by atoms with Gasteiger partial charge in [-0.15, -0.1) is 0 Å².